The van der Waals surface area contributed by atoms with Gasteiger partial charge in [-0.1, -0.05) is 38.1 Å². The second-order valence-corrected chi connectivity index (χ2v) is 8.58. The molecule has 5 nitrogen and oxygen atoms in total. The van der Waals surface area contributed by atoms with Crippen molar-refractivity contribution in [1.82, 2.24) is 9.80 Å². The molecule has 3 rings (SSSR count). The van der Waals surface area contributed by atoms with Crippen LogP contribution in [0.2, 0.25) is 0 Å². The second kappa shape index (κ2) is 8.45. The van der Waals surface area contributed by atoms with Crippen LogP contribution in [0.15, 0.2) is 41.1 Å². The van der Waals surface area contributed by atoms with Crippen LogP contribution in [0.25, 0.3) is 11.1 Å². The van der Waals surface area contributed by atoms with Crippen LogP contribution in [-0.4, -0.2) is 61.0 Å². The van der Waals surface area contributed by atoms with Crippen LogP contribution in [0.1, 0.15) is 19.4 Å². The van der Waals surface area contributed by atoms with E-state index in [0.29, 0.717) is 19.6 Å². The number of thiophene rings is 1. The minimum atomic E-state index is -1.07. The Hall–Kier alpha value is -2.18. The first-order valence-electron chi connectivity index (χ1n) is 9.59. The predicted octanol–water partition coefficient (Wildman–Crippen LogP) is 3.30. The predicted molar refractivity (Wildman–Crippen MR) is 112 cm³/mol. The molecule has 0 bridgehead atoms. The molecule has 6 heteroatoms. The fraction of sp³-hybridized carbons (Fsp3) is 0.455. The van der Waals surface area contributed by atoms with Crippen LogP contribution >= 0.6 is 11.3 Å². The zero-order valence-corrected chi connectivity index (χ0v) is 17.8. The summed E-state index contributed by atoms with van der Waals surface area (Å²) in [6.45, 7) is 4.93. The number of hydrogen-bond donors (Lipinski definition) is 0. The molecule has 2 heterocycles. The lowest BCUT2D eigenvalue weighted by Gasteiger charge is -2.43. The van der Waals surface area contributed by atoms with Crippen LogP contribution in [0.3, 0.4) is 0 Å². The largest absolute Gasteiger partial charge is 0.361 e. The van der Waals surface area contributed by atoms with Gasteiger partial charge in [-0.3, -0.25) is 9.59 Å². The van der Waals surface area contributed by atoms with Crippen LogP contribution in [0.4, 0.5) is 0 Å². The van der Waals surface area contributed by atoms with E-state index in [1.165, 1.54) is 0 Å². The zero-order valence-electron chi connectivity index (χ0n) is 17.0. The number of rotatable bonds is 5. The van der Waals surface area contributed by atoms with Crippen LogP contribution in [0.5, 0.6) is 0 Å². The van der Waals surface area contributed by atoms with Crippen molar-refractivity contribution >= 4 is 23.2 Å². The quantitative estimate of drug-likeness (QED) is 0.774. The Kier molecular flexibility index (Phi) is 6.20. The highest BCUT2D eigenvalue weighted by atomic mass is 32.1. The number of morpholine rings is 1. The number of hydrogen-bond acceptors (Lipinski definition) is 4. The van der Waals surface area contributed by atoms with Gasteiger partial charge in [-0.05, 0) is 33.5 Å². The summed E-state index contributed by atoms with van der Waals surface area (Å²) >= 11 is 1.65. The van der Waals surface area contributed by atoms with Gasteiger partial charge in [0.1, 0.15) is 0 Å². The molecule has 0 saturated carbocycles. The molecule has 1 aromatic carbocycles. The van der Waals surface area contributed by atoms with Crippen molar-refractivity contribution in [3.63, 3.8) is 0 Å². The van der Waals surface area contributed by atoms with E-state index in [9.17, 15) is 9.59 Å². The molecule has 2 aromatic rings. The van der Waals surface area contributed by atoms with Crippen LogP contribution in [-0.2, 0) is 20.7 Å². The van der Waals surface area contributed by atoms with Crippen molar-refractivity contribution in [3.05, 3.63) is 46.7 Å². The summed E-state index contributed by atoms with van der Waals surface area (Å²) in [5, 5.41) is 4.16. The third-order valence-electron chi connectivity index (χ3n) is 5.11. The fourth-order valence-electron chi connectivity index (χ4n) is 3.74. The first-order chi connectivity index (χ1) is 13.3. The highest BCUT2D eigenvalue weighted by molar-refractivity contribution is 7.08. The van der Waals surface area contributed by atoms with Gasteiger partial charge in [0.05, 0.1) is 13.2 Å². The maximum Gasteiger partial charge on any atom is 0.256 e. The van der Waals surface area contributed by atoms with Gasteiger partial charge < -0.3 is 14.5 Å². The van der Waals surface area contributed by atoms with Crippen molar-refractivity contribution in [2.45, 2.75) is 25.9 Å². The Bertz CT molecular complexity index is 832. The third-order valence-corrected chi connectivity index (χ3v) is 5.80. The van der Waals surface area contributed by atoms with Gasteiger partial charge in [0.15, 0.2) is 5.60 Å². The molecule has 150 valence electrons. The monoisotopic (exact) mass is 400 g/mol. The van der Waals surface area contributed by atoms with Gasteiger partial charge in [-0.15, -0.1) is 0 Å². The molecule has 1 aliphatic rings. The summed E-state index contributed by atoms with van der Waals surface area (Å²) in [5.74, 6) is -0.150. The van der Waals surface area contributed by atoms with Crippen molar-refractivity contribution in [2.75, 3.05) is 33.8 Å². The van der Waals surface area contributed by atoms with Crippen molar-refractivity contribution in [1.29, 1.82) is 0 Å². The van der Waals surface area contributed by atoms with Gasteiger partial charge >= 0.3 is 0 Å². The second-order valence-electron chi connectivity index (χ2n) is 7.80. The SMILES string of the molecule is CC(C)C(=O)N1CCO[C@@](Cc2ccccc2-c2ccsc2)(C(=O)N(C)C)C1. The zero-order chi connectivity index (χ0) is 20.3. The van der Waals surface area contributed by atoms with E-state index in [2.05, 4.69) is 17.5 Å². The van der Waals surface area contributed by atoms with E-state index in [1.54, 1.807) is 35.2 Å². The summed E-state index contributed by atoms with van der Waals surface area (Å²) in [5.41, 5.74) is 2.22. The van der Waals surface area contributed by atoms with E-state index in [-0.39, 0.29) is 24.3 Å². The van der Waals surface area contributed by atoms with Crippen molar-refractivity contribution in [2.24, 2.45) is 5.92 Å². The lowest BCUT2D eigenvalue weighted by molar-refractivity contribution is -0.173. The minimum absolute atomic E-state index is 0.0605. The summed E-state index contributed by atoms with van der Waals surface area (Å²) in [7, 11) is 3.48. The lowest BCUT2D eigenvalue weighted by atomic mass is 9.87. The smallest absolute Gasteiger partial charge is 0.256 e. The molecular weight excluding hydrogens is 372 g/mol. The maximum absolute atomic E-state index is 13.2. The average molecular weight is 401 g/mol. The van der Waals surface area contributed by atoms with Gasteiger partial charge in [0, 0.05) is 33.0 Å². The molecule has 0 spiro atoms. The highest BCUT2D eigenvalue weighted by Crippen LogP contribution is 2.32. The number of carbonyl (C=O) groups is 2. The van der Waals surface area contributed by atoms with Gasteiger partial charge in [0.25, 0.3) is 5.91 Å². The molecule has 0 unspecified atom stereocenters. The topological polar surface area (TPSA) is 49.9 Å². The van der Waals surface area contributed by atoms with Gasteiger partial charge in [-0.25, -0.2) is 0 Å². The molecule has 0 N–H and O–H groups in total. The molecule has 0 aliphatic carbocycles. The standard InChI is InChI=1S/C22H28N2O3S/c1-16(2)20(25)24-10-11-27-22(15-24,21(26)23(3)4)13-17-7-5-6-8-19(17)18-9-12-28-14-18/h5-9,12,14,16H,10-11,13,15H2,1-4H3/t22-/m1/s1. The molecule has 1 fully saturated rings. The van der Waals surface area contributed by atoms with Gasteiger partial charge in [-0.2, -0.15) is 11.3 Å². The number of ether oxygens (including phenoxy) is 1. The number of likely N-dealkylation sites (N-methyl/N-ethyl adjacent to an activating group) is 1. The summed E-state index contributed by atoms with van der Waals surface area (Å²) < 4.78 is 6.14. The Morgan fingerprint density at radius 1 is 1.25 bits per heavy atom. The van der Waals surface area contributed by atoms with E-state index in [4.69, 9.17) is 4.74 Å². The van der Waals surface area contributed by atoms with Crippen LogP contribution in [0, 0.1) is 5.92 Å². The summed E-state index contributed by atoms with van der Waals surface area (Å²) in [6.07, 6.45) is 0.428. The van der Waals surface area contributed by atoms with Gasteiger partial charge in [0.2, 0.25) is 5.91 Å². The normalized spacial score (nSPS) is 19.7. The molecule has 0 radical (unpaired) electrons. The van der Waals surface area contributed by atoms with E-state index >= 15 is 0 Å². The number of carbonyl (C=O) groups excluding carboxylic acids is 2. The molecular formula is C22H28N2O3S. The third kappa shape index (κ3) is 4.13. The fourth-order valence-corrected chi connectivity index (χ4v) is 4.39. The first kappa shape index (κ1) is 20.6. The molecule has 2 amide bonds. The van der Waals surface area contributed by atoms with Crippen molar-refractivity contribution in [3.8, 4) is 11.1 Å². The Morgan fingerprint density at radius 3 is 2.64 bits per heavy atom. The maximum atomic E-state index is 13.2. The Labute approximate surface area is 170 Å². The Balaban J connectivity index is 1.98. The lowest BCUT2D eigenvalue weighted by Crippen LogP contribution is -2.62. The van der Waals surface area contributed by atoms with E-state index < -0.39 is 5.60 Å². The minimum Gasteiger partial charge on any atom is -0.361 e. The summed E-state index contributed by atoms with van der Waals surface area (Å²) in [4.78, 5) is 29.2. The number of nitrogens with zero attached hydrogens (tertiary/aromatic N) is 2. The number of amides is 2. The molecule has 1 aliphatic heterocycles. The molecule has 28 heavy (non-hydrogen) atoms. The Morgan fingerprint density at radius 2 is 2.00 bits per heavy atom. The molecule has 1 atom stereocenters. The molecule has 1 saturated heterocycles. The van der Waals surface area contributed by atoms with E-state index in [1.807, 2.05) is 37.4 Å². The number of benzene rings is 1. The van der Waals surface area contributed by atoms with E-state index in [0.717, 1.165) is 16.7 Å². The molecule has 1 aromatic heterocycles. The van der Waals surface area contributed by atoms with Crippen LogP contribution < -0.4 is 0 Å². The summed E-state index contributed by atoms with van der Waals surface area (Å²) in [6, 6.07) is 10.2. The van der Waals surface area contributed by atoms with Crippen molar-refractivity contribution < 1.29 is 14.3 Å². The average Bonchev–Trinajstić information content (AvgIpc) is 3.21. The highest BCUT2D eigenvalue weighted by Gasteiger charge is 2.46. The first-order valence-corrected chi connectivity index (χ1v) is 10.5.